The van der Waals surface area contributed by atoms with Gasteiger partial charge in [-0.05, 0) is 19.1 Å². The molecule has 6 heteroatoms. The SMILES string of the molecule is CC=CCC(=O)N1CCC(Oc2ccccc2OC)(C(=O)O)CC1. The highest BCUT2D eigenvalue weighted by Gasteiger charge is 2.45. The van der Waals surface area contributed by atoms with E-state index >= 15 is 0 Å². The number of para-hydroxylation sites is 2. The molecule has 1 aromatic carbocycles. The van der Waals surface area contributed by atoms with Gasteiger partial charge in [-0.3, -0.25) is 4.79 Å². The van der Waals surface area contributed by atoms with E-state index in [9.17, 15) is 14.7 Å². The minimum absolute atomic E-state index is 0.00406. The molecule has 2 rings (SSSR count). The molecular formula is C18H23NO5. The van der Waals surface area contributed by atoms with Crippen LogP contribution in [-0.2, 0) is 9.59 Å². The van der Waals surface area contributed by atoms with Crippen LogP contribution in [0, 0.1) is 0 Å². The lowest BCUT2D eigenvalue weighted by atomic mass is 9.90. The van der Waals surface area contributed by atoms with E-state index < -0.39 is 11.6 Å². The van der Waals surface area contributed by atoms with E-state index in [0.717, 1.165) is 0 Å². The Balaban J connectivity index is 2.11. The highest BCUT2D eigenvalue weighted by atomic mass is 16.5. The second-order valence-electron chi connectivity index (χ2n) is 5.71. The van der Waals surface area contributed by atoms with E-state index in [4.69, 9.17) is 9.47 Å². The molecule has 0 saturated carbocycles. The lowest BCUT2D eigenvalue weighted by molar-refractivity contribution is -0.161. The van der Waals surface area contributed by atoms with Crippen LogP contribution in [0.25, 0.3) is 0 Å². The summed E-state index contributed by atoms with van der Waals surface area (Å²) < 4.78 is 11.1. The highest BCUT2D eigenvalue weighted by Crippen LogP contribution is 2.34. The van der Waals surface area contributed by atoms with Crippen LogP contribution in [-0.4, -0.2) is 47.7 Å². The number of hydrogen-bond acceptors (Lipinski definition) is 4. The fourth-order valence-corrected chi connectivity index (χ4v) is 2.74. The predicted octanol–water partition coefficient (Wildman–Crippen LogP) is 2.49. The van der Waals surface area contributed by atoms with Crippen LogP contribution in [0.2, 0.25) is 0 Å². The molecule has 6 nitrogen and oxygen atoms in total. The molecule has 24 heavy (non-hydrogen) atoms. The van der Waals surface area contributed by atoms with Crippen LogP contribution in [0.5, 0.6) is 11.5 Å². The number of allylic oxidation sites excluding steroid dienone is 1. The quantitative estimate of drug-likeness (QED) is 0.810. The van der Waals surface area contributed by atoms with Crippen LogP contribution in [0.3, 0.4) is 0 Å². The van der Waals surface area contributed by atoms with Gasteiger partial charge in [-0.1, -0.05) is 24.3 Å². The van der Waals surface area contributed by atoms with E-state index in [2.05, 4.69) is 0 Å². The Morgan fingerprint density at radius 3 is 2.42 bits per heavy atom. The molecule has 1 heterocycles. The Hall–Kier alpha value is -2.50. The summed E-state index contributed by atoms with van der Waals surface area (Å²) in [5, 5.41) is 9.70. The topological polar surface area (TPSA) is 76.1 Å². The number of rotatable bonds is 6. The van der Waals surface area contributed by atoms with Crippen LogP contribution in [0.1, 0.15) is 26.2 Å². The zero-order chi connectivity index (χ0) is 17.6. The van der Waals surface area contributed by atoms with Crippen LogP contribution in [0.4, 0.5) is 0 Å². The molecule has 0 aromatic heterocycles. The second kappa shape index (κ2) is 7.86. The minimum Gasteiger partial charge on any atom is -0.493 e. The highest BCUT2D eigenvalue weighted by molar-refractivity contribution is 5.80. The molecule has 1 amide bonds. The van der Waals surface area contributed by atoms with Crippen molar-refractivity contribution in [3.63, 3.8) is 0 Å². The number of piperidine rings is 1. The number of carbonyl (C=O) groups excluding carboxylic acids is 1. The summed E-state index contributed by atoms with van der Waals surface area (Å²) in [4.78, 5) is 25.6. The maximum Gasteiger partial charge on any atom is 0.348 e. The third-order valence-corrected chi connectivity index (χ3v) is 4.22. The smallest absolute Gasteiger partial charge is 0.348 e. The molecule has 0 spiro atoms. The van der Waals surface area contributed by atoms with Crippen molar-refractivity contribution in [2.45, 2.75) is 31.8 Å². The number of amides is 1. The largest absolute Gasteiger partial charge is 0.493 e. The predicted molar refractivity (Wildman–Crippen MR) is 89.2 cm³/mol. The van der Waals surface area contributed by atoms with Crippen LogP contribution < -0.4 is 9.47 Å². The molecule has 1 aromatic rings. The number of carboxylic acids is 1. The van der Waals surface area contributed by atoms with Gasteiger partial charge in [0.15, 0.2) is 11.5 Å². The van der Waals surface area contributed by atoms with Crippen molar-refractivity contribution in [2.24, 2.45) is 0 Å². The van der Waals surface area contributed by atoms with E-state index in [1.807, 2.05) is 13.0 Å². The lowest BCUT2D eigenvalue weighted by Gasteiger charge is -2.39. The number of methoxy groups -OCH3 is 1. The van der Waals surface area contributed by atoms with Gasteiger partial charge in [-0.25, -0.2) is 4.79 Å². The normalized spacial score (nSPS) is 16.8. The zero-order valence-electron chi connectivity index (χ0n) is 14.0. The standard InChI is InChI=1S/C18H23NO5/c1-3-4-9-16(20)19-12-10-18(11-13-19,17(21)22)24-15-8-6-5-7-14(15)23-2/h3-8H,9-13H2,1-2H3,(H,21,22). The molecule has 0 unspecified atom stereocenters. The van der Waals surface area contributed by atoms with Gasteiger partial charge in [0.1, 0.15) is 0 Å². The number of hydrogen-bond donors (Lipinski definition) is 1. The maximum atomic E-state index is 12.1. The van der Waals surface area contributed by atoms with E-state index in [0.29, 0.717) is 31.0 Å². The molecule has 0 atom stereocenters. The molecule has 0 bridgehead atoms. The van der Waals surface area contributed by atoms with Gasteiger partial charge in [0.2, 0.25) is 11.5 Å². The number of benzene rings is 1. The van der Waals surface area contributed by atoms with E-state index in [1.165, 1.54) is 7.11 Å². The first kappa shape index (κ1) is 17.8. The first-order valence-corrected chi connectivity index (χ1v) is 7.97. The first-order valence-electron chi connectivity index (χ1n) is 7.97. The van der Waals surface area contributed by atoms with Gasteiger partial charge in [0.25, 0.3) is 0 Å². The average molecular weight is 333 g/mol. The number of carbonyl (C=O) groups is 2. The van der Waals surface area contributed by atoms with Gasteiger partial charge in [-0.15, -0.1) is 0 Å². The van der Waals surface area contributed by atoms with Gasteiger partial charge < -0.3 is 19.5 Å². The first-order chi connectivity index (χ1) is 11.5. The average Bonchev–Trinajstić information content (AvgIpc) is 2.60. The van der Waals surface area contributed by atoms with Crippen LogP contribution in [0.15, 0.2) is 36.4 Å². The molecule has 0 radical (unpaired) electrons. The molecular weight excluding hydrogens is 310 g/mol. The Bertz CT molecular complexity index is 618. The van der Waals surface area contributed by atoms with Crippen molar-refractivity contribution in [1.82, 2.24) is 4.90 Å². The van der Waals surface area contributed by atoms with Gasteiger partial charge in [-0.2, -0.15) is 0 Å². The summed E-state index contributed by atoms with van der Waals surface area (Å²) in [7, 11) is 1.51. The molecule has 1 aliphatic rings. The van der Waals surface area contributed by atoms with Crippen LogP contribution >= 0.6 is 0 Å². The monoisotopic (exact) mass is 333 g/mol. The summed E-state index contributed by atoms with van der Waals surface area (Å²) >= 11 is 0. The van der Waals surface area contributed by atoms with Crippen molar-refractivity contribution >= 4 is 11.9 Å². The molecule has 1 aliphatic heterocycles. The zero-order valence-corrected chi connectivity index (χ0v) is 14.0. The number of aliphatic carboxylic acids is 1. The summed E-state index contributed by atoms with van der Waals surface area (Å²) in [6.07, 6.45) is 4.44. The third-order valence-electron chi connectivity index (χ3n) is 4.22. The Kier molecular flexibility index (Phi) is 5.84. The molecule has 0 aliphatic carbocycles. The van der Waals surface area contributed by atoms with Crippen molar-refractivity contribution in [2.75, 3.05) is 20.2 Å². The summed E-state index contributed by atoms with van der Waals surface area (Å²) in [5.74, 6) is -0.126. The number of carboxylic acid groups (broad SMARTS) is 1. The number of likely N-dealkylation sites (tertiary alicyclic amines) is 1. The van der Waals surface area contributed by atoms with Crippen molar-refractivity contribution < 1.29 is 24.2 Å². The fourth-order valence-electron chi connectivity index (χ4n) is 2.74. The van der Waals surface area contributed by atoms with Gasteiger partial charge in [0.05, 0.1) is 7.11 Å². The molecule has 1 N–H and O–H groups in total. The maximum absolute atomic E-state index is 12.1. The van der Waals surface area contributed by atoms with Gasteiger partial charge >= 0.3 is 5.97 Å². The van der Waals surface area contributed by atoms with E-state index in [1.54, 1.807) is 35.2 Å². The molecule has 130 valence electrons. The van der Waals surface area contributed by atoms with Crippen molar-refractivity contribution in [3.8, 4) is 11.5 Å². The van der Waals surface area contributed by atoms with Crippen molar-refractivity contribution in [3.05, 3.63) is 36.4 Å². The molecule has 1 fully saturated rings. The fraction of sp³-hybridized carbons (Fsp3) is 0.444. The summed E-state index contributed by atoms with van der Waals surface area (Å²) in [6.45, 7) is 2.58. The third kappa shape index (κ3) is 3.88. The minimum atomic E-state index is -1.34. The Labute approximate surface area is 141 Å². The van der Waals surface area contributed by atoms with Gasteiger partial charge in [0, 0.05) is 32.4 Å². The Morgan fingerprint density at radius 2 is 1.88 bits per heavy atom. The van der Waals surface area contributed by atoms with Crippen molar-refractivity contribution in [1.29, 1.82) is 0 Å². The lowest BCUT2D eigenvalue weighted by Crippen LogP contribution is -2.54. The Morgan fingerprint density at radius 1 is 1.25 bits per heavy atom. The molecule has 1 saturated heterocycles. The van der Waals surface area contributed by atoms with E-state index in [-0.39, 0.29) is 18.7 Å². The number of nitrogens with zero attached hydrogens (tertiary/aromatic N) is 1. The second-order valence-corrected chi connectivity index (χ2v) is 5.71. The number of ether oxygens (including phenoxy) is 2. The summed E-state index contributed by atoms with van der Waals surface area (Å²) in [5.41, 5.74) is -1.34. The summed E-state index contributed by atoms with van der Waals surface area (Å²) in [6, 6.07) is 6.97.